The van der Waals surface area contributed by atoms with Crippen LogP contribution >= 0.6 is 0 Å². The molecule has 0 unspecified atom stereocenters. The smallest absolute Gasteiger partial charge is 0.0716 e. The van der Waals surface area contributed by atoms with Gasteiger partial charge in [0.05, 0.1) is 6.61 Å². The molecule has 2 N–H and O–H groups in total. The second-order valence-electron chi connectivity index (χ2n) is 3.85. The fourth-order valence-electron chi connectivity index (χ4n) is 1.42. The van der Waals surface area contributed by atoms with Crippen LogP contribution in [-0.2, 0) is 11.3 Å². The van der Waals surface area contributed by atoms with Crippen LogP contribution in [0.1, 0.15) is 31.7 Å². The van der Waals surface area contributed by atoms with Gasteiger partial charge >= 0.3 is 0 Å². The fourth-order valence-corrected chi connectivity index (χ4v) is 1.42. The summed E-state index contributed by atoms with van der Waals surface area (Å²) in [5, 5.41) is 0. The Morgan fingerprint density at radius 1 is 1.27 bits per heavy atom. The second kappa shape index (κ2) is 7.43. The van der Waals surface area contributed by atoms with E-state index in [4.69, 9.17) is 10.5 Å². The van der Waals surface area contributed by atoms with Crippen LogP contribution in [0, 0.1) is 0 Å². The number of hydrogen-bond donors (Lipinski definition) is 1. The van der Waals surface area contributed by atoms with Crippen LogP contribution in [0.25, 0.3) is 0 Å². The monoisotopic (exact) mass is 207 g/mol. The van der Waals surface area contributed by atoms with Gasteiger partial charge in [0, 0.05) is 12.6 Å². The van der Waals surface area contributed by atoms with E-state index in [1.165, 1.54) is 5.56 Å². The Bertz CT molecular complexity index is 248. The summed E-state index contributed by atoms with van der Waals surface area (Å²) in [4.78, 5) is 0. The summed E-state index contributed by atoms with van der Waals surface area (Å²) in [5.74, 6) is 0. The van der Waals surface area contributed by atoms with Gasteiger partial charge in [-0.15, -0.1) is 0 Å². The molecule has 1 atom stereocenters. The Kier molecular flexibility index (Phi) is 6.05. The summed E-state index contributed by atoms with van der Waals surface area (Å²) < 4.78 is 5.56. The average molecular weight is 207 g/mol. The molecule has 0 fully saturated rings. The molecule has 0 aliphatic heterocycles. The molecule has 1 aromatic rings. The van der Waals surface area contributed by atoms with Crippen LogP contribution < -0.4 is 5.73 Å². The van der Waals surface area contributed by atoms with Gasteiger partial charge < -0.3 is 10.5 Å². The molecular weight excluding hydrogens is 186 g/mol. The summed E-state index contributed by atoms with van der Waals surface area (Å²) in [6, 6.07) is 10.6. The van der Waals surface area contributed by atoms with Gasteiger partial charge in [-0.1, -0.05) is 37.3 Å². The summed E-state index contributed by atoms with van der Waals surface area (Å²) in [5.41, 5.74) is 7.04. The molecule has 0 aliphatic rings. The van der Waals surface area contributed by atoms with E-state index in [0.29, 0.717) is 12.6 Å². The van der Waals surface area contributed by atoms with Crippen LogP contribution in [0.2, 0.25) is 0 Å². The molecule has 15 heavy (non-hydrogen) atoms. The third-order valence-corrected chi connectivity index (χ3v) is 2.50. The van der Waals surface area contributed by atoms with Gasteiger partial charge in [-0.05, 0) is 24.8 Å². The largest absolute Gasteiger partial charge is 0.377 e. The molecular formula is C13H21NO. The zero-order chi connectivity index (χ0) is 10.9. The van der Waals surface area contributed by atoms with Crippen LogP contribution in [0.4, 0.5) is 0 Å². The number of ether oxygens (including phenoxy) is 1. The molecule has 2 nitrogen and oxygen atoms in total. The lowest BCUT2D eigenvalue weighted by molar-refractivity contribution is 0.116. The number of hydrogen-bond acceptors (Lipinski definition) is 2. The minimum atomic E-state index is 0.338. The number of nitrogens with two attached hydrogens (primary N) is 1. The van der Waals surface area contributed by atoms with E-state index < -0.39 is 0 Å². The minimum Gasteiger partial charge on any atom is -0.377 e. The highest BCUT2D eigenvalue weighted by Gasteiger charge is 1.98. The van der Waals surface area contributed by atoms with Gasteiger partial charge in [-0.3, -0.25) is 0 Å². The van der Waals surface area contributed by atoms with Crippen molar-refractivity contribution < 1.29 is 4.74 Å². The van der Waals surface area contributed by atoms with Crippen LogP contribution in [0.5, 0.6) is 0 Å². The van der Waals surface area contributed by atoms with E-state index in [1.807, 2.05) is 18.2 Å². The van der Waals surface area contributed by atoms with Crippen molar-refractivity contribution in [1.29, 1.82) is 0 Å². The molecule has 1 aromatic carbocycles. The van der Waals surface area contributed by atoms with Crippen molar-refractivity contribution in [1.82, 2.24) is 0 Å². The molecule has 2 heteroatoms. The summed E-state index contributed by atoms with van der Waals surface area (Å²) in [6.45, 7) is 3.64. The van der Waals surface area contributed by atoms with Crippen molar-refractivity contribution in [2.24, 2.45) is 5.73 Å². The minimum absolute atomic E-state index is 0.338. The first-order valence-electron chi connectivity index (χ1n) is 5.70. The first-order valence-corrected chi connectivity index (χ1v) is 5.70. The molecule has 0 heterocycles. The molecule has 0 aromatic heterocycles. The Morgan fingerprint density at radius 3 is 2.67 bits per heavy atom. The molecule has 0 saturated heterocycles. The molecule has 84 valence electrons. The lowest BCUT2D eigenvalue weighted by Gasteiger charge is -2.08. The lowest BCUT2D eigenvalue weighted by Crippen LogP contribution is -2.18. The third-order valence-electron chi connectivity index (χ3n) is 2.50. The maximum atomic E-state index is 5.81. The van der Waals surface area contributed by atoms with E-state index in [-0.39, 0.29) is 0 Å². The SMILES string of the molecule is CC[C@H](N)CCCOCc1ccccc1. The van der Waals surface area contributed by atoms with Gasteiger partial charge in [0.2, 0.25) is 0 Å². The maximum absolute atomic E-state index is 5.81. The van der Waals surface area contributed by atoms with Gasteiger partial charge in [0.15, 0.2) is 0 Å². The Balaban J connectivity index is 2.03. The van der Waals surface area contributed by atoms with Crippen molar-refractivity contribution in [3.8, 4) is 0 Å². The van der Waals surface area contributed by atoms with Crippen LogP contribution in [0.3, 0.4) is 0 Å². The van der Waals surface area contributed by atoms with E-state index >= 15 is 0 Å². The Morgan fingerprint density at radius 2 is 2.00 bits per heavy atom. The fraction of sp³-hybridized carbons (Fsp3) is 0.538. The molecule has 0 saturated carbocycles. The van der Waals surface area contributed by atoms with Crippen molar-refractivity contribution in [3.05, 3.63) is 35.9 Å². The first-order chi connectivity index (χ1) is 7.33. The van der Waals surface area contributed by atoms with Crippen LogP contribution in [0.15, 0.2) is 30.3 Å². The normalized spacial score (nSPS) is 12.7. The van der Waals surface area contributed by atoms with Crippen molar-refractivity contribution in [2.75, 3.05) is 6.61 Å². The maximum Gasteiger partial charge on any atom is 0.0716 e. The van der Waals surface area contributed by atoms with Gasteiger partial charge in [0.1, 0.15) is 0 Å². The summed E-state index contributed by atoms with van der Waals surface area (Å²) in [6.07, 6.45) is 3.17. The highest BCUT2D eigenvalue weighted by molar-refractivity contribution is 5.13. The van der Waals surface area contributed by atoms with E-state index in [9.17, 15) is 0 Å². The number of rotatable bonds is 7. The second-order valence-corrected chi connectivity index (χ2v) is 3.85. The van der Waals surface area contributed by atoms with Crippen molar-refractivity contribution >= 4 is 0 Å². The van der Waals surface area contributed by atoms with Crippen LogP contribution in [-0.4, -0.2) is 12.6 Å². The number of benzene rings is 1. The van der Waals surface area contributed by atoms with E-state index in [2.05, 4.69) is 19.1 Å². The summed E-state index contributed by atoms with van der Waals surface area (Å²) in [7, 11) is 0. The van der Waals surface area contributed by atoms with E-state index in [1.54, 1.807) is 0 Å². The predicted octanol–water partition coefficient (Wildman–Crippen LogP) is 2.72. The quantitative estimate of drug-likeness (QED) is 0.698. The molecule has 0 spiro atoms. The highest BCUT2D eigenvalue weighted by atomic mass is 16.5. The molecule has 0 radical (unpaired) electrons. The van der Waals surface area contributed by atoms with Gasteiger partial charge in [-0.2, -0.15) is 0 Å². The zero-order valence-corrected chi connectivity index (χ0v) is 9.49. The van der Waals surface area contributed by atoms with Crippen molar-refractivity contribution in [2.45, 2.75) is 38.8 Å². The van der Waals surface area contributed by atoms with E-state index in [0.717, 1.165) is 25.9 Å². The van der Waals surface area contributed by atoms with Gasteiger partial charge in [-0.25, -0.2) is 0 Å². The topological polar surface area (TPSA) is 35.2 Å². The summed E-state index contributed by atoms with van der Waals surface area (Å²) >= 11 is 0. The Labute approximate surface area is 92.4 Å². The average Bonchev–Trinajstić information content (AvgIpc) is 2.29. The standard InChI is InChI=1S/C13H21NO/c1-2-13(14)9-6-10-15-11-12-7-4-3-5-8-12/h3-5,7-8,13H,2,6,9-11,14H2,1H3/t13-/m0/s1. The molecule has 0 amide bonds. The predicted molar refractivity (Wildman–Crippen MR) is 63.6 cm³/mol. The molecule has 0 bridgehead atoms. The highest BCUT2D eigenvalue weighted by Crippen LogP contribution is 2.03. The first kappa shape index (κ1) is 12.2. The molecule has 0 aliphatic carbocycles. The lowest BCUT2D eigenvalue weighted by atomic mass is 10.1. The zero-order valence-electron chi connectivity index (χ0n) is 9.49. The van der Waals surface area contributed by atoms with Crippen molar-refractivity contribution in [3.63, 3.8) is 0 Å². The third kappa shape index (κ3) is 5.55. The van der Waals surface area contributed by atoms with Gasteiger partial charge in [0.25, 0.3) is 0 Å². The molecule has 1 rings (SSSR count). The Hall–Kier alpha value is -0.860.